The average molecular weight is 542 g/mol. The molecule has 0 aliphatic carbocycles. The molecule has 40 heavy (non-hydrogen) atoms. The number of halogens is 1. The van der Waals surface area contributed by atoms with Gasteiger partial charge < -0.3 is 19.1 Å². The van der Waals surface area contributed by atoms with E-state index < -0.39 is 0 Å². The third-order valence-electron chi connectivity index (χ3n) is 6.80. The fourth-order valence-electron chi connectivity index (χ4n) is 4.56. The molecule has 0 unspecified atom stereocenters. The largest absolute Gasteiger partial charge is 0.385 e. The van der Waals surface area contributed by atoms with Gasteiger partial charge in [0.15, 0.2) is 0 Å². The third-order valence-corrected chi connectivity index (χ3v) is 6.80. The van der Waals surface area contributed by atoms with E-state index in [1.54, 1.807) is 41.2 Å². The summed E-state index contributed by atoms with van der Waals surface area (Å²) < 4.78 is 20.7. The summed E-state index contributed by atoms with van der Waals surface area (Å²) in [4.78, 5) is 30.7. The molecular formula is C33H36FN3O3. The first-order valence-electron chi connectivity index (χ1n) is 13.5. The molecule has 3 aromatic carbocycles. The lowest BCUT2D eigenvalue weighted by atomic mass is 10.1. The van der Waals surface area contributed by atoms with E-state index in [9.17, 15) is 14.0 Å². The fraction of sp³-hybridized carbons (Fsp3) is 0.273. The quantitative estimate of drug-likeness (QED) is 0.204. The first-order chi connectivity index (χ1) is 19.4. The molecule has 4 aromatic rings. The molecule has 0 aliphatic heterocycles. The second-order valence-corrected chi connectivity index (χ2v) is 9.93. The summed E-state index contributed by atoms with van der Waals surface area (Å²) >= 11 is 0. The summed E-state index contributed by atoms with van der Waals surface area (Å²) in [5.41, 5.74) is 4.54. The summed E-state index contributed by atoms with van der Waals surface area (Å²) in [5, 5.41) is 0. The van der Waals surface area contributed by atoms with E-state index in [0.29, 0.717) is 44.8 Å². The number of nitrogens with zero attached hydrogens (tertiary/aromatic N) is 3. The number of aryl methyl sites for hydroxylation is 1. The highest BCUT2D eigenvalue weighted by molar-refractivity contribution is 5.96. The van der Waals surface area contributed by atoms with E-state index in [2.05, 4.69) is 4.57 Å². The van der Waals surface area contributed by atoms with Gasteiger partial charge in [0, 0.05) is 50.8 Å². The Balaban J connectivity index is 1.55. The molecule has 0 N–H and O–H groups in total. The number of rotatable bonds is 13. The number of carbonyl (C=O) groups is 2. The van der Waals surface area contributed by atoms with Crippen LogP contribution in [0.4, 0.5) is 4.39 Å². The van der Waals surface area contributed by atoms with Crippen molar-refractivity contribution in [3.8, 4) is 0 Å². The van der Waals surface area contributed by atoms with Crippen LogP contribution < -0.4 is 0 Å². The Labute approximate surface area is 235 Å². The van der Waals surface area contributed by atoms with Gasteiger partial charge >= 0.3 is 0 Å². The lowest BCUT2D eigenvalue weighted by Crippen LogP contribution is -2.43. The van der Waals surface area contributed by atoms with Crippen molar-refractivity contribution in [1.29, 1.82) is 0 Å². The Morgan fingerprint density at radius 3 is 2.25 bits per heavy atom. The standard InChI is InChI=1S/C33H36FN3O3/c1-26-11-15-29(16-12-26)33(39)36(20-7-21-40-2)25-32(38)37(23-27-8-4-3-5-9-27)24-31-10-6-19-35(31)22-28-13-17-30(34)18-14-28/h3-6,8-19H,7,20-25H2,1-2H3. The normalized spacial score (nSPS) is 10.9. The zero-order valence-electron chi connectivity index (χ0n) is 23.1. The molecule has 0 fully saturated rings. The molecule has 0 bridgehead atoms. The van der Waals surface area contributed by atoms with Crippen LogP contribution in [0.5, 0.6) is 0 Å². The number of hydrogen-bond donors (Lipinski definition) is 0. The lowest BCUT2D eigenvalue weighted by molar-refractivity contribution is -0.133. The summed E-state index contributed by atoms with van der Waals surface area (Å²) in [5.74, 6) is -0.591. The smallest absolute Gasteiger partial charge is 0.254 e. The van der Waals surface area contributed by atoms with Crippen molar-refractivity contribution in [2.45, 2.75) is 33.0 Å². The van der Waals surface area contributed by atoms with Gasteiger partial charge in [0.1, 0.15) is 12.4 Å². The molecule has 2 amide bonds. The first kappa shape index (κ1) is 28.8. The van der Waals surface area contributed by atoms with Gasteiger partial charge in [-0.05, 0) is 60.9 Å². The molecule has 0 aliphatic rings. The topological polar surface area (TPSA) is 54.8 Å². The zero-order chi connectivity index (χ0) is 28.3. The Morgan fingerprint density at radius 2 is 1.55 bits per heavy atom. The maximum absolute atomic E-state index is 13.9. The van der Waals surface area contributed by atoms with E-state index in [-0.39, 0.29) is 24.2 Å². The summed E-state index contributed by atoms with van der Waals surface area (Å²) in [6.07, 6.45) is 2.59. The van der Waals surface area contributed by atoms with Crippen LogP contribution in [0.1, 0.15) is 39.2 Å². The van der Waals surface area contributed by atoms with Crippen LogP contribution in [0.25, 0.3) is 0 Å². The van der Waals surface area contributed by atoms with E-state index in [1.807, 2.05) is 67.7 Å². The van der Waals surface area contributed by atoms with Crippen molar-refractivity contribution in [3.63, 3.8) is 0 Å². The van der Waals surface area contributed by atoms with Crippen molar-refractivity contribution in [1.82, 2.24) is 14.4 Å². The van der Waals surface area contributed by atoms with Crippen LogP contribution in [-0.2, 0) is 29.2 Å². The first-order valence-corrected chi connectivity index (χ1v) is 13.5. The Morgan fingerprint density at radius 1 is 0.825 bits per heavy atom. The van der Waals surface area contributed by atoms with Gasteiger partial charge in [0.05, 0.1) is 6.54 Å². The van der Waals surface area contributed by atoms with Crippen molar-refractivity contribution >= 4 is 11.8 Å². The molecule has 0 saturated heterocycles. The van der Waals surface area contributed by atoms with Crippen LogP contribution in [0.2, 0.25) is 0 Å². The molecular weight excluding hydrogens is 505 g/mol. The number of hydrogen-bond acceptors (Lipinski definition) is 3. The minimum atomic E-state index is -0.272. The Bertz CT molecular complexity index is 1370. The van der Waals surface area contributed by atoms with Gasteiger partial charge in [0.2, 0.25) is 5.91 Å². The van der Waals surface area contributed by atoms with Crippen molar-refractivity contribution < 1.29 is 18.7 Å². The third kappa shape index (κ3) is 8.13. The number of aromatic nitrogens is 1. The molecule has 0 radical (unpaired) electrons. The fourth-order valence-corrected chi connectivity index (χ4v) is 4.56. The molecule has 1 aromatic heterocycles. The maximum Gasteiger partial charge on any atom is 0.254 e. The minimum Gasteiger partial charge on any atom is -0.385 e. The number of methoxy groups -OCH3 is 1. The molecule has 6 nitrogen and oxygen atoms in total. The van der Waals surface area contributed by atoms with Crippen LogP contribution in [0.15, 0.2) is 97.2 Å². The minimum absolute atomic E-state index is 0.0398. The molecule has 208 valence electrons. The number of amides is 2. The summed E-state index contributed by atoms with van der Waals surface area (Å²) in [7, 11) is 1.62. The molecule has 7 heteroatoms. The van der Waals surface area contributed by atoms with E-state index in [1.165, 1.54) is 12.1 Å². The van der Waals surface area contributed by atoms with Crippen LogP contribution in [-0.4, -0.2) is 53.0 Å². The van der Waals surface area contributed by atoms with Gasteiger partial charge in [-0.3, -0.25) is 9.59 Å². The molecule has 0 saturated carbocycles. The highest BCUT2D eigenvalue weighted by Gasteiger charge is 2.23. The monoisotopic (exact) mass is 541 g/mol. The van der Waals surface area contributed by atoms with Gasteiger partial charge in [0.25, 0.3) is 5.91 Å². The number of ether oxygens (including phenoxy) is 1. The van der Waals surface area contributed by atoms with Gasteiger partial charge in [-0.15, -0.1) is 0 Å². The number of benzene rings is 3. The lowest BCUT2D eigenvalue weighted by Gasteiger charge is -2.28. The van der Waals surface area contributed by atoms with Gasteiger partial charge in [-0.2, -0.15) is 0 Å². The Kier molecular flexibility index (Phi) is 10.2. The van der Waals surface area contributed by atoms with E-state index in [0.717, 1.165) is 22.4 Å². The predicted octanol–water partition coefficient (Wildman–Crippen LogP) is 5.69. The maximum atomic E-state index is 13.9. The van der Waals surface area contributed by atoms with Crippen LogP contribution in [0.3, 0.4) is 0 Å². The SMILES string of the molecule is COCCCN(CC(=O)N(Cc1ccccc1)Cc1cccn1Cc1ccc(F)cc1)C(=O)c1ccc(C)cc1. The molecule has 0 atom stereocenters. The summed E-state index contributed by atoms with van der Waals surface area (Å²) in [6.45, 7) is 4.18. The summed E-state index contributed by atoms with van der Waals surface area (Å²) in [6, 6.07) is 27.6. The van der Waals surface area contributed by atoms with Gasteiger partial charge in [-0.25, -0.2) is 4.39 Å². The number of carbonyl (C=O) groups excluding carboxylic acids is 2. The molecule has 4 rings (SSSR count). The van der Waals surface area contributed by atoms with Crippen molar-refractivity contribution in [3.05, 3.63) is 131 Å². The molecule has 1 heterocycles. The molecule has 0 spiro atoms. The zero-order valence-corrected chi connectivity index (χ0v) is 23.1. The average Bonchev–Trinajstić information content (AvgIpc) is 3.40. The highest BCUT2D eigenvalue weighted by Crippen LogP contribution is 2.16. The predicted molar refractivity (Wildman–Crippen MR) is 154 cm³/mol. The van der Waals surface area contributed by atoms with E-state index in [4.69, 9.17) is 4.74 Å². The van der Waals surface area contributed by atoms with Crippen molar-refractivity contribution in [2.75, 3.05) is 26.8 Å². The van der Waals surface area contributed by atoms with Crippen LogP contribution in [0, 0.1) is 12.7 Å². The highest BCUT2D eigenvalue weighted by atomic mass is 19.1. The van der Waals surface area contributed by atoms with E-state index >= 15 is 0 Å². The Hall–Kier alpha value is -4.23. The van der Waals surface area contributed by atoms with Crippen LogP contribution >= 0.6 is 0 Å². The second kappa shape index (κ2) is 14.2. The van der Waals surface area contributed by atoms with Crippen molar-refractivity contribution in [2.24, 2.45) is 0 Å². The van der Waals surface area contributed by atoms with Gasteiger partial charge in [-0.1, -0.05) is 60.2 Å². The second-order valence-electron chi connectivity index (χ2n) is 9.93.